The van der Waals surface area contributed by atoms with Gasteiger partial charge in [-0.15, -0.1) is 0 Å². The van der Waals surface area contributed by atoms with Gasteiger partial charge in [0, 0.05) is 35.5 Å². The molecule has 0 spiro atoms. The number of ether oxygens (including phenoxy) is 6. The Labute approximate surface area is 95.7 Å². The summed E-state index contributed by atoms with van der Waals surface area (Å²) >= 11 is 0. The molecule has 6 nitrogen and oxygen atoms in total. The standard InChI is InChI=1S/C10H20O6/c1-11-6-7(12-2)9(14-4)16-10(15-5)8(6)13-3/h6-10H,1-5H3. The molecular formula is C10H20O6. The molecule has 0 amide bonds. The van der Waals surface area contributed by atoms with Crippen LogP contribution in [0.25, 0.3) is 0 Å². The summed E-state index contributed by atoms with van der Waals surface area (Å²) < 4.78 is 31.9. The van der Waals surface area contributed by atoms with Crippen LogP contribution in [-0.2, 0) is 28.4 Å². The largest absolute Gasteiger partial charge is 0.376 e. The predicted molar refractivity (Wildman–Crippen MR) is 55.1 cm³/mol. The summed E-state index contributed by atoms with van der Waals surface area (Å²) in [6.45, 7) is 0. The van der Waals surface area contributed by atoms with Gasteiger partial charge >= 0.3 is 0 Å². The first-order chi connectivity index (χ1) is 7.73. The zero-order chi connectivity index (χ0) is 12.1. The van der Waals surface area contributed by atoms with Gasteiger partial charge in [-0.05, 0) is 0 Å². The van der Waals surface area contributed by atoms with Gasteiger partial charge < -0.3 is 28.4 Å². The second-order valence-electron chi connectivity index (χ2n) is 3.45. The molecule has 1 rings (SSSR count). The highest BCUT2D eigenvalue weighted by Crippen LogP contribution is 2.27. The minimum Gasteiger partial charge on any atom is -0.376 e. The lowest BCUT2D eigenvalue weighted by atomic mass is 10.0. The van der Waals surface area contributed by atoms with E-state index in [4.69, 9.17) is 28.4 Å². The maximum absolute atomic E-state index is 5.55. The molecule has 1 saturated heterocycles. The first-order valence-electron chi connectivity index (χ1n) is 5.02. The molecule has 0 aromatic rings. The number of hydrogen-bond donors (Lipinski definition) is 0. The van der Waals surface area contributed by atoms with E-state index in [1.807, 2.05) is 0 Å². The maximum atomic E-state index is 5.55. The quantitative estimate of drug-likeness (QED) is 0.670. The monoisotopic (exact) mass is 236 g/mol. The molecular weight excluding hydrogens is 216 g/mol. The highest BCUT2D eigenvalue weighted by molar-refractivity contribution is 4.88. The van der Waals surface area contributed by atoms with Crippen LogP contribution in [0.2, 0.25) is 0 Å². The van der Waals surface area contributed by atoms with Crippen molar-refractivity contribution in [2.45, 2.75) is 30.9 Å². The summed E-state index contributed by atoms with van der Waals surface area (Å²) in [4.78, 5) is 0. The van der Waals surface area contributed by atoms with Gasteiger partial charge in [0.1, 0.15) is 18.3 Å². The third kappa shape index (κ3) is 2.53. The summed E-state index contributed by atoms with van der Waals surface area (Å²) in [7, 11) is 7.83. The molecule has 4 unspecified atom stereocenters. The van der Waals surface area contributed by atoms with Crippen LogP contribution in [0.4, 0.5) is 0 Å². The van der Waals surface area contributed by atoms with E-state index in [1.54, 1.807) is 35.5 Å². The molecule has 16 heavy (non-hydrogen) atoms. The van der Waals surface area contributed by atoms with Gasteiger partial charge in [-0.2, -0.15) is 0 Å². The van der Waals surface area contributed by atoms with Crippen molar-refractivity contribution in [1.82, 2.24) is 0 Å². The van der Waals surface area contributed by atoms with Crippen molar-refractivity contribution < 1.29 is 28.4 Å². The van der Waals surface area contributed by atoms with Crippen LogP contribution in [0, 0.1) is 0 Å². The van der Waals surface area contributed by atoms with Crippen LogP contribution in [0.1, 0.15) is 0 Å². The lowest BCUT2D eigenvalue weighted by molar-refractivity contribution is -0.349. The second kappa shape index (κ2) is 6.48. The van der Waals surface area contributed by atoms with Gasteiger partial charge in [0.2, 0.25) is 0 Å². The zero-order valence-electron chi connectivity index (χ0n) is 10.3. The molecule has 0 N–H and O–H groups in total. The highest BCUT2D eigenvalue weighted by Gasteiger charge is 2.47. The number of rotatable bonds is 5. The molecule has 0 aliphatic carbocycles. The van der Waals surface area contributed by atoms with E-state index >= 15 is 0 Å². The molecule has 0 bridgehead atoms. The Morgan fingerprint density at radius 3 is 1.19 bits per heavy atom. The molecule has 0 aromatic carbocycles. The van der Waals surface area contributed by atoms with Crippen LogP contribution in [-0.4, -0.2) is 66.4 Å². The molecule has 0 saturated carbocycles. The molecule has 0 radical (unpaired) electrons. The van der Waals surface area contributed by atoms with Crippen LogP contribution in [0.5, 0.6) is 0 Å². The average molecular weight is 236 g/mol. The average Bonchev–Trinajstić information content (AvgIpc) is 2.35. The minimum absolute atomic E-state index is 0.307. The fraction of sp³-hybridized carbons (Fsp3) is 1.00. The van der Waals surface area contributed by atoms with Crippen molar-refractivity contribution in [2.24, 2.45) is 0 Å². The van der Waals surface area contributed by atoms with Crippen molar-refractivity contribution in [3.05, 3.63) is 0 Å². The van der Waals surface area contributed by atoms with E-state index in [0.717, 1.165) is 0 Å². The summed E-state index contributed by atoms with van der Waals surface area (Å²) in [5.74, 6) is 0. The van der Waals surface area contributed by atoms with E-state index in [0.29, 0.717) is 0 Å². The molecule has 96 valence electrons. The minimum atomic E-state index is -0.536. The Morgan fingerprint density at radius 1 is 0.562 bits per heavy atom. The molecule has 1 aliphatic heterocycles. The van der Waals surface area contributed by atoms with E-state index in [-0.39, 0.29) is 18.3 Å². The smallest absolute Gasteiger partial charge is 0.189 e. The lowest BCUT2D eigenvalue weighted by Gasteiger charge is -2.43. The van der Waals surface area contributed by atoms with Crippen molar-refractivity contribution in [2.75, 3.05) is 35.5 Å². The highest BCUT2D eigenvalue weighted by atomic mass is 16.8. The summed E-state index contributed by atoms with van der Waals surface area (Å²) in [6.07, 6.45) is -2.09. The van der Waals surface area contributed by atoms with E-state index in [2.05, 4.69) is 0 Å². The van der Waals surface area contributed by atoms with Crippen molar-refractivity contribution >= 4 is 0 Å². The fourth-order valence-corrected chi connectivity index (χ4v) is 1.92. The normalized spacial score (nSPS) is 39.9. The Bertz CT molecular complexity index is 182. The van der Waals surface area contributed by atoms with Crippen LogP contribution < -0.4 is 0 Å². The SMILES string of the molecule is COC1OC(OC)C(OC)C(OC)C1OC. The third-order valence-corrected chi connectivity index (χ3v) is 2.73. The topological polar surface area (TPSA) is 55.4 Å². The van der Waals surface area contributed by atoms with Crippen molar-refractivity contribution in [3.8, 4) is 0 Å². The second-order valence-corrected chi connectivity index (χ2v) is 3.45. The lowest BCUT2D eigenvalue weighted by Crippen LogP contribution is -2.60. The first-order valence-corrected chi connectivity index (χ1v) is 5.02. The van der Waals surface area contributed by atoms with E-state index < -0.39 is 12.6 Å². The van der Waals surface area contributed by atoms with Crippen molar-refractivity contribution in [1.29, 1.82) is 0 Å². The van der Waals surface area contributed by atoms with Gasteiger partial charge in [0.05, 0.1) is 0 Å². The molecule has 6 heteroatoms. The van der Waals surface area contributed by atoms with Gasteiger partial charge in [0.25, 0.3) is 0 Å². The maximum Gasteiger partial charge on any atom is 0.189 e. The molecule has 1 heterocycles. The van der Waals surface area contributed by atoms with Gasteiger partial charge in [-0.1, -0.05) is 0 Å². The van der Waals surface area contributed by atoms with Crippen LogP contribution in [0.3, 0.4) is 0 Å². The molecule has 0 aromatic heterocycles. The third-order valence-electron chi connectivity index (χ3n) is 2.73. The Balaban J connectivity index is 2.85. The Hall–Kier alpha value is -0.240. The molecule has 1 fully saturated rings. The predicted octanol–water partition coefficient (Wildman–Crippen LogP) is 0.00660. The summed E-state index contributed by atoms with van der Waals surface area (Å²) in [5, 5.41) is 0. The van der Waals surface area contributed by atoms with Crippen molar-refractivity contribution in [3.63, 3.8) is 0 Å². The Morgan fingerprint density at radius 2 is 0.938 bits per heavy atom. The number of hydrogen-bond acceptors (Lipinski definition) is 6. The number of methoxy groups -OCH3 is 5. The summed E-state index contributed by atoms with van der Waals surface area (Å²) in [6, 6.07) is 0. The van der Waals surface area contributed by atoms with E-state index in [9.17, 15) is 0 Å². The molecule has 1 aliphatic rings. The van der Waals surface area contributed by atoms with Crippen LogP contribution >= 0.6 is 0 Å². The summed E-state index contributed by atoms with van der Waals surface area (Å²) in [5.41, 5.74) is 0. The van der Waals surface area contributed by atoms with E-state index in [1.165, 1.54) is 0 Å². The molecule has 4 atom stereocenters. The van der Waals surface area contributed by atoms with Gasteiger partial charge in [-0.25, -0.2) is 0 Å². The van der Waals surface area contributed by atoms with Gasteiger partial charge in [0.15, 0.2) is 12.6 Å². The zero-order valence-corrected chi connectivity index (χ0v) is 10.3. The van der Waals surface area contributed by atoms with Crippen LogP contribution in [0.15, 0.2) is 0 Å². The Kier molecular flexibility index (Phi) is 5.60. The van der Waals surface area contributed by atoms with Gasteiger partial charge in [-0.3, -0.25) is 0 Å². The fourth-order valence-electron chi connectivity index (χ4n) is 1.92. The first kappa shape index (κ1) is 13.8.